The van der Waals surface area contributed by atoms with Gasteiger partial charge in [0, 0.05) is 26.1 Å². The molecule has 0 spiro atoms. The summed E-state index contributed by atoms with van der Waals surface area (Å²) in [6.45, 7) is 2.02. The average Bonchev–Trinajstić information content (AvgIpc) is 2.10. The fraction of sp³-hybridized carbons (Fsp3) is 0.750. The normalized spacial score (nSPS) is 9.62. The standard InChI is InChI=1S/C8H17N3O2/c1-10-4-6-11(7-12)5-2-3-8(9)13/h7,10H,2-6H2,1H3,(H2,9,13). The van der Waals surface area contributed by atoms with E-state index < -0.39 is 0 Å². The molecule has 0 aromatic heterocycles. The van der Waals surface area contributed by atoms with E-state index >= 15 is 0 Å². The van der Waals surface area contributed by atoms with Gasteiger partial charge in [-0.2, -0.15) is 0 Å². The molecular weight excluding hydrogens is 170 g/mol. The van der Waals surface area contributed by atoms with E-state index in [1.807, 2.05) is 7.05 Å². The largest absolute Gasteiger partial charge is 0.370 e. The van der Waals surface area contributed by atoms with E-state index in [0.29, 0.717) is 25.9 Å². The van der Waals surface area contributed by atoms with Crippen molar-refractivity contribution in [3.05, 3.63) is 0 Å². The molecule has 0 fully saturated rings. The molecule has 0 saturated heterocycles. The van der Waals surface area contributed by atoms with Gasteiger partial charge in [-0.3, -0.25) is 9.59 Å². The minimum atomic E-state index is -0.320. The minimum absolute atomic E-state index is 0.320. The predicted octanol–water partition coefficient (Wildman–Crippen LogP) is -1.07. The first-order valence-electron chi connectivity index (χ1n) is 4.33. The van der Waals surface area contributed by atoms with Crippen molar-refractivity contribution in [1.82, 2.24) is 10.2 Å². The van der Waals surface area contributed by atoms with Crippen molar-refractivity contribution in [3.8, 4) is 0 Å². The highest BCUT2D eigenvalue weighted by molar-refractivity contribution is 5.73. The highest BCUT2D eigenvalue weighted by atomic mass is 16.1. The van der Waals surface area contributed by atoms with Crippen molar-refractivity contribution in [1.29, 1.82) is 0 Å². The van der Waals surface area contributed by atoms with Crippen molar-refractivity contribution in [2.24, 2.45) is 5.73 Å². The van der Waals surface area contributed by atoms with Gasteiger partial charge in [-0.1, -0.05) is 0 Å². The third-order valence-electron chi connectivity index (χ3n) is 1.67. The molecule has 5 nitrogen and oxygen atoms in total. The molecule has 0 aliphatic carbocycles. The van der Waals surface area contributed by atoms with Gasteiger partial charge >= 0.3 is 0 Å². The van der Waals surface area contributed by atoms with Gasteiger partial charge in [-0.25, -0.2) is 0 Å². The SMILES string of the molecule is CNCCN(C=O)CCCC(N)=O. The molecule has 13 heavy (non-hydrogen) atoms. The number of nitrogens with zero attached hydrogens (tertiary/aromatic N) is 1. The molecule has 0 radical (unpaired) electrons. The molecule has 0 rings (SSSR count). The van der Waals surface area contributed by atoms with E-state index in [-0.39, 0.29) is 5.91 Å². The third-order valence-corrected chi connectivity index (χ3v) is 1.67. The number of likely N-dealkylation sites (N-methyl/N-ethyl adjacent to an activating group) is 1. The predicted molar refractivity (Wildman–Crippen MR) is 50.0 cm³/mol. The molecule has 0 aliphatic rings. The van der Waals surface area contributed by atoms with Gasteiger partial charge in [-0.05, 0) is 13.5 Å². The number of hydrogen-bond donors (Lipinski definition) is 2. The van der Waals surface area contributed by atoms with Gasteiger partial charge in [0.05, 0.1) is 0 Å². The second-order valence-electron chi connectivity index (χ2n) is 2.81. The van der Waals surface area contributed by atoms with Gasteiger partial charge in [-0.15, -0.1) is 0 Å². The Hall–Kier alpha value is -1.10. The van der Waals surface area contributed by atoms with Crippen molar-refractivity contribution < 1.29 is 9.59 Å². The highest BCUT2D eigenvalue weighted by Gasteiger charge is 2.01. The van der Waals surface area contributed by atoms with Crippen molar-refractivity contribution in [3.63, 3.8) is 0 Å². The monoisotopic (exact) mass is 187 g/mol. The van der Waals surface area contributed by atoms with Crippen LogP contribution in [0.5, 0.6) is 0 Å². The van der Waals surface area contributed by atoms with E-state index in [1.165, 1.54) is 0 Å². The van der Waals surface area contributed by atoms with E-state index in [1.54, 1.807) is 4.90 Å². The fourth-order valence-electron chi connectivity index (χ4n) is 0.929. The Kier molecular flexibility index (Phi) is 6.91. The molecule has 0 bridgehead atoms. The Morgan fingerprint density at radius 1 is 1.54 bits per heavy atom. The molecule has 3 N–H and O–H groups in total. The Morgan fingerprint density at radius 3 is 2.69 bits per heavy atom. The Morgan fingerprint density at radius 2 is 2.23 bits per heavy atom. The molecule has 0 saturated carbocycles. The number of nitrogens with one attached hydrogen (secondary N) is 1. The highest BCUT2D eigenvalue weighted by Crippen LogP contribution is 1.91. The van der Waals surface area contributed by atoms with E-state index in [0.717, 1.165) is 13.0 Å². The number of carbonyl (C=O) groups excluding carboxylic acids is 2. The minimum Gasteiger partial charge on any atom is -0.370 e. The number of primary amides is 1. The maximum atomic E-state index is 10.5. The van der Waals surface area contributed by atoms with Crippen molar-refractivity contribution in [2.75, 3.05) is 26.7 Å². The quantitative estimate of drug-likeness (QED) is 0.475. The molecule has 0 aliphatic heterocycles. The summed E-state index contributed by atoms with van der Waals surface area (Å²) in [5.41, 5.74) is 4.96. The number of amides is 2. The molecule has 5 heteroatoms. The molecule has 76 valence electrons. The first kappa shape index (κ1) is 11.9. The van der Waals surface area contributed by atoms with Gasteiger partial charge in [0.25, 0.3) is 0 Å². The molecule has 0 heterocycles. The number of nitrogens with two attached hydrogens (primary N) is 1. The zero-order chi connectivity index (χ0) is 10.1. The summed E-state index contributed by atoms with van der Waals surface area (Å²) < 4.78 is 0. The third kappa shape index (κ3) is 7.27. The molecule has 0 aromatic carbocycles. The Labute approximate surface area is 78.3 Å². The van der Waals surface area contributed by atoms with Crippen LogP contribution in [0.25, 0.3) is 0 Å². The topological polar surface area (TPSA) is 75.4 Å². The van der Waals surface area contributed by atoms with Crippen LogP contribution in [0.15, 0.2) is 0 Å². The smallest absolute Gasteiger partial charge is 0.217 e. The van der Waals surface area contributed by atoms with Gasteiger partial charge < -0.3 is 16.0 Å². The van der Waals surface area contributed by atoms with Gasteiger partial charge in [0.15, 0.2) is 0 Å². The lowest BCUT2D eigenvalue weighted by atomic mass is 10.3. The van der Waals surface area contributed by atoms with E-state index in [2.05, 4.69) is 5.32 Å². The maximum absolute atomic E-state index is 10.5. The molecule has 2 amide bonds. The second kappa shape index (κ2) is 7.54. The van der Waals surface area contributed by atoms with Crippen LogP contribution in [0, 0.1) is 0 Å². The summed E-state index contributed by atoms with van der Waals surface area (Å²) in [4.78, 5) is 22.5. The average molecular weight is 187 g/mol. The van der Waals surface area contributed by atoms with Crippen LogP contribution in [0.2, 0.25) is 0 Å². The van der Waals surface area contributed by atoms with Gasteiger partial charge in [0.1, 0.15) is 0 Å². The van der Waals surface area contributed by atoms with Crippen LogP contribution in [-0.2, 0) is 9.59 Å². The summed E-state index contributed by atoms with van der Waals surface area (Å²) in [6.07, 6.45) is 1.76. The number of rotatable bonds is 8. The van der Waals surface area contributed by atoms with Crippen LogP contribution < -0.4 is 11.1 Å². The fourth-order valence-corrected chi connectivity index (χ4v) is 0.929. The van der Waals surface area contributed by atoms with E-state index in [9.17, 15) is 9.59 Å². The summed E-state index contributed by atoms with van der Waals surface area (Å²) in [5.74, 6) is -0.320. The second-order valence-corrected chi connectivity index (χ2v) is 2.81. The van der Waals surface area contributed by atoms with Crippen molar-refractivity contribution in [2.45, 2.75) is 12.8 Å². The molecule has 0 atom stereocenters. The Bertz CT molecular complexity index is 161. The van der Waals surface area contributed by atoms with Crippen LogP contribution in [0.1, 0.15) is 12.8 Å². The molecule has 0 aromatic rings. The molecule has 0 unspecified atom stereocenters. The summed E-state index contributed by atoms with van der Waals surface area (Å²) in [5, 5.41) is 2.94. The maximum Gasteiger partial charge on any atom is 0.217 e. The lowest BCUT2D eigenvalue weighted by Crippen LogP contribution is -2.31. The van der Waals surface area contributed by atoms with Crippen LogP contribution >= 0.6 is 0 Å². The summed E-state index contributed by atoms with van der Waals surface area (Å²) in [6, 6.07) is 0. The zero-order valence-electron chi connectivity index (χ0n) is 7.95. The van der Waals surface area contributed by atoms with Crippen LogP contribution in [0.3, 0.4) is 0 Å². The van der Waals surface area contributed by atoms with Crippen molar-refractivity contribution >= 4 is 12.3 Å². The van der Waals surface area contributed by atoms with Crippen LogP contribution in [-0.4, -0.2) is 43.9 Å². The van der Waals surface area contributed by atoms with Gasteiger partial charge in [0.2, 0.25) is 12.3 Å². The zero-order valence-corrected chi connectivity index (χ0v) is 7.95. The number of carbonyl (C=O) groups is 2. The first-order chi connectivity index (χ1) is 6.20. The Balaban J connectivity index is 3.47. The summed E-state index contributed by atoms with van der Waals surface area (Å²) in [7, 11) is 1.83. The molecular formula is C8H17N3O2. The first-order valence-corrected chi connectivity index (χ1v) is 4.33. The lowest BCUT2D eigenvalue weighted by Gasteiger charge is -2.16. The van der Waals surface area contributed by atoms with Crippen LogP contribution in [0.4, 0.5) is 0 Å². The number of hydrogen-bond acceptors (Lipinski definition) is 3. The lowest BCUT2D eigenvalue weighted by molar-refractivity contribution is -0.120. The van der Waals surface area contributed by atoms with E-state index in [4.69, 9.17) is 5.73 Å². The summed E-state index contributed by atoms with van der Waals surface area (Å²) >= 11 is 0.